The first-order valence-corrected chi connectivity index (χ1v) is 16.8. The van der Waals surface area contributed by atoms with Crippen LogP contribution in [0, 0.1) is 29.1 Å². The Hall–Kier alpha value is -1.30. The van der Waals surface area contributed by atoms with Crippen LogP contribution in [0.25, 0.3) is 10.8 Å². The van der Waals surface area contributed by atoms with Crippen molar-refractivity contribution in [1.29, 1.82) is 0 Å². The van der Waals surface area contributed by atoms with Gasteiger partial charge < -0.3 is 0 Å². The molecule has 0 heteroatoms. The first-order chi connectivity index (χ1) is 18.3. The minimum atomic E-state index is 0.267. The zero-order valence-electron chi connectivity index (χ0n) is 26.7. The van der Waals surface area contributed by atoms with Gasteiger partial charge in [0.15, 0.2) is 0 Å². The van der Waals surface area contributed by atoms with E-state index in [-0.39, 0.29) is 5.41 Å². The van der Waals surface area contributed by atoms with Crippen molar-refractivity contribution in [3.8, 4) is 0 Å². The molecule has 2 aromatic rings. The molecule has 0 spiro atoms. The maximum atomic E-state index is 2.67. The SMILES string of the molecule is CCCCC(C)C1(C(C)CCCC)Cc2cc3ccccc3cc2C(C(C)CCCC)(C(C)CCCC)C1. The third-order valence-electron chi connectivity index (χ3n) is 11.3. The second kappa shape index (κ2) is 14.4. The number of hydrogen-bond donors (Lipinski definition) is 0. The van der Waals surface area contributed by atoms with Crippen LogP contribution in [0.4, 0.5) is 0 Å². The molecule has 0 bridgehead atoms. The molecule has 3 rings (SSSR count). The zero-order chi connectivity index (χ0) is 27.8. The van der Waals surface area contributed by atoms with Crippen molar-refractivity contribution in [2.45, 2.75) is 151 Å². The number of rotatable bonds is 16. The first kappa shape index (κ1) is 31.2. The Bertz CT molecular complexity index is 939. The van der Waals surface area contributed by atoms with E-state index in [1.165, 1.54) is 101 Å². The highest BCUT2D eigenvalue weighted by Crippen LogP contribution is 2.61. The number of unbranched alkanes of at least 4 members (excludes halogenated alkanes) is 4. The van der Waals surface area contributed by atoms with Crippen LogP contribution in [0.1, 0.15) is 150 Å². The molecular weight excluding hydrogens is 456 g/mol. The predicted molar refractivity (Wildman–Crippen MR) is 171 cm³/mol. The summed E-state index contributed by atoms with van der Waals surface area (Å²) in [5.41, 5.74) is 4.10. The van der Waals surface area contributed by atoms with Crippen LogP contribution in [0.5, 0.6) is 0 Å². The van der Waals surface area contributed by atoms with Gasteiger partial charge >= 0.3 is 0 Å². The molecular formula is C38H62. The Labute approximate surface area is 237 Å². The summed E-state index contributed by atoms with van der Waals surface area (Å²) >= 11 is 0. The lowest BCUT2D eigenvalue weighted by Crippen LogP contribution is -2.53. The van der Waals surface area contributed by atoms with E-state index in [4.69, 9.17) is 0 Å². The molecule has 1 aliphatic rings. The van der Waals surface area contributed by atoms with Crippen molar-refractivity contribution in [1.82, 2.24) is 0 Å². The van der Waals surface area contributed by atoms with Gasteiger partial charge in [0.05, 0.1) is 0 Å². The van der Waals surface area contributed by atoms with Crippen LogP contribution < -0.4 is 0 Å². The second-order valence-electron chi connectivity index (χ2n) is 13.7. The fourth-order valence-corrected chi connectivity index (χ4v) is 8.60. The van der Waals surface area contributed by atoms with Crippen molar-refractivity contribution >= 4 is 10.8 Å². The minimum Gasteiger partial charge on any atom is -0.0654 e. The lowest BCUT2D eigenvalue weighted by Gasteiger charge is -2.59. The molecule has 0 saturated carbocycles. The molecule has 2 aromatic carbocycles. The van der Waals surface area contributed by atoms with Gasteiger partial charge in [-0.15, -0.1) is 0 Å². The van der Waals surface area contributed by atoms with Gasteiger partial charge in [-0.1, -0.05) is 156 Å². The van der Waals surface area contributed by atoms with Gasteiger partial charge in [-0.25, -0.2) is 0 Å². The third-order valence-corrected chi connectivity index (χ3v) is 11.3. The van der Waals surface area contributed by atoms with Crippen LogP contribution in [0.2, 0.25) is 0 Å². The molecule has 0 fully saturated rings. The predicted octanol–water partition coefficient (Wildman–Crippen LogP) is 12.3. The standard InChI is InChI=1S/C38H62/c1-9-13-19-29(5)37(30(6)20-14-10-2)27-35-25-33-23-17-18-24-34(33)26-36(35)38(28-37,31(7)21-15-11-3)32(8)22-16-12-4/h17-18,23-26,29-32H,9-16,19-22,27-28H2,1-8H3. The largest absolute Gasteiger partial charge is 0.0654 e. The molecule has 0 saturated heterocycles. The maximum Gasteiger partial charge on any atom is 0.00127 e. The zero-order valence-corrected chi connectivity index (χ0v) is 26.7. The Balaban J connectivity index is 2.31. The lowest BCUT2D eigenvalue weighted by molar-refractivity contribution is -0.0162. The van der Waals surface area contributed by atoms with Crippen molar-refractivity contribution in [2.24, 2.45) is 29.1 Å². The van der Waals surface area contributed by atoms with E-state index in [1.807, 2.05) is 0 Å². The van der Waals surface area contributed by atoms with Gasteiger partial charge in [-0.05, 0) is 76.7 Å². The number of benzene rings is 2. The molecule has 0 amide bonds. The fraction of sp³-hybridized carbons (Fsp3) is 0.737. The van der Waals surface area contributed by atoms with Crippen LogP contribution in [0.15, 0.2) is 36.4 Å². The molecule has 0 aromatic heterocycles. The maximum absolute atomic E-state index is 2.67. The van der Waals surface area contributed by atoms with Crippen molar-refractivity contribution in [3.05, 3.63) is 47.5 Å². The van der Waals surface area contributed by atoms with Crippen molar-refractivity contribution in [3.63, 3.8) is 0 Å². The lowest BCUT2D eigenvalue weighted by atomic mass is 9.45. The summed E-state index contributed by atoms with van der Waals surface area (Å²) in [5, 5.41) is 2.90. The van der Waals surface area contributed by atoms with E-state index < -0.39 is 0 Å². The Morgan fingerprint density at radius 1 is 0.605 bits per heavy atom. The molecule has 1 aliphatic carbocycles. The first-order valence-electron chi connectivity index (χ1n) is 16.8. The highest BCUT2D eigenvalue weighted by Gasteiger charge is 2.55. The molecule has 0 aliphatic heterocycles. The van der Waals surface area contributed by atoms with E-state index in [9.17, 15) is 0 Å². The number of fused-ring (bicyclic) bond motifs is 2. The molecule has 0 radical (unpaired) electrons. The van der Waals surface area contributed by atoms with Crippen molar-refractivity contribution < 1.29 is 0 Å². The molecule has 38 heavy (non-hydrogen) atoms. The van der Waals surface area contributed by atoms with E-state index in [0.29, 0.717) is 17.3 Å². The molecule has 0 heterocycles. The van der Waals surface area contributed by atoms with E-state index in [0.717, 1.165) is 11.8 Å². The molecule has 4 atom stereocenters. The average molecular weight is 519 g/mol. The second-order valence-corrected chi connectivity index (χ2v) is 13.7. The van der Waals surface area contributed by atoms with Gasteiger partial charge in [-0.3, -0.25) is 0 Å². The summed E-state index contributed by atoms with van der Waals surface area (Å²) in [6.07, 6.45) is 18.9. The van der Waals surface area contributed by atoms with Gasteiger partial charge in [0.25, 0.3) is 0 Å². The Kier molecular flexibility index (Phi) is 11.8. The van der Waals surface area contributed by atoms with E-state index in [1.54, 1.807) is 11.1 Å². The quantitative estimate of drug-likeness (QED) is 0.207. The highest BCUT2D eigenvalue weighted by molar-refractivity contribution is 5.84. The smallest absolute Gasteiger partial charge is 0.00127 e. The fourth-order valence-electron chi connectivity index (χ4n) is 8.60. The van der Waals surface area contributed by atoms with Gasteiger partial charge in [0.1, 0.15) is 0 Å². The average Bonchev–Trinajstić information content (AvgIpc) is 2.94. The summed E-state index contributed by atoms with van der Waals surface area (Å²) < 4.78 is 0. The minimum absolute atomic E-state index is 0.267. The van der Waals surface area contributed by atoms with Gasteiger partial charge in [-0.2, -0.15) is 0 Å². The Morgan fingerprint density at radius 2 is 1.03 bits per heavy atom. The molecule has 0 N–H and O–H groups in total. The van der Waals surface area contributed by atoms with Crippen LogP contribution in [-0.4, -0.2) is 0 Å². The summed E-state index contributed by atoms with van der Waals surface area (Å²) in [6, 6.07) is 14.5. The van der Waals surface area contributed by atoms with Crippen molar-refractivity contribution in [2.75, 3.05) is 0 Å². The molecule has 214 valence electrons. The number of hydrogen-bond acceptors (Lipinski definition) is 0. The summed E-state index contributed by atoms with van der Waals surface area (Å²) in [5.74, 6) is 2.96. The Morgan fingerprint density at radius 3 is 1.47 bits per heavy atom. The summed E-state index contributed by atoms with van der Waals surface area (Å²) in [4.78, 5) is 0. The van der Waals surface area contributed by atoms with Gasteiger partial charge in [0.2, 0.25) is 0 Å². The van der Waals surface area contributed by atoms with Crippen LogP contribution in [0.3, 0.4) is 0 Å². The monoisotopic (exact) mass is 518 g/mol. The molecule has 0 nitrogen and oxygen atoms in total. The summed E-state index contributed by atoms with van der Waals surface area (Å²) in [7, 11) is 0. The molecule has 4 unspecified atom stereocenters. The van der Waals surface area contributed by atoms with E-state index >= 15 is 0 Å². The highest BCUT2D eigenvalue weighted by atomic mass is 14.6. The van der Waals surface area contributed by atoms with E-state index in [2.05, 4.69) is 91.8 Å². The topological polar surface area (TPSA) is 0 Å². The third kappa shape index (κ3) is 6.36. The van der Waals surface area contributed by atoms with Crippen LogP contribution in [-0.2, 0) is 11.8 Å². The summed E-state index contributed by atoms with van der Waals surface area (Å²) in [6.45, 7) is 20.1. The normalized spacial score (nSPS) is 24.6. The van der Waals surface area contributed by atoms with Crippen LogP contribution >= 0.6 is 0 Å². The van der Waals surface area contributed by atoms with Gasteiger partial charge in [0, 0.05) is 5.41 Å².